The van der Waals surface area contributed by atoms with Gasteiger partial charge in [0, 0.05) is 25.7 Å². The molecule has 0 spiro atoms. The number of hydrogen-bond acceptors (Lipinski definition) is 7. The lowest BCUT2D eigenvalue weighted by Gasteiger charge is -2.37. The van der Waals surface area contributed by atoms with Crippen LogP contribution >= 0.6 is 11.3 Å². The number of nitrogens with zero attached hydrogens (tertiary/aromatic N) is 3. The van der Waals surface area contributed by atoms with Crippen molar-refractivity contribution in [3.8, 4) is 5.88 Å². The summed E-state index contributed by atoms with van der Waals surface area (Å²) in [6.45, 7) is 3.85. The van der Waals surface area contributed by atoms with E-state index >= 15 is 0 Å². The Morgan fingerprint density at radius 3 is 2.62 bits per heavy atom. The molecule has 1 aliphatic rings. The molecule has 1 amide bonds. The Bertz CT molecular complexity index is 1340. The van der Waals surface area contributed by atoms with Crippen molar-refractivity contribution in [1.29, 1.82) is 0 Å². The van der Waals surface area contributed by atoms with E-state index in [4.69, 9.17) is 4.74 Å². The molecule has 0 saturated heterocycles. The molecule has 0 bridgehead atoms. The number of amides is 1. The third-order valence-corrected chi connectivity index (χ3v) is 9.60. The number of fused-ring (bicyclic) bond motifs is 1. The third kappa shape index (κ3) is 6.10. The molecular weight excluding hydrogens is 510 g/mol. The molecule has 2 aromatic heterocycles. The van der Waals surface area contributed by atoms with Gasteiger partial charge in [0.05, 0.1) is 19.2 Å². The average molecular weight is 542 g/mol. The summed E-state index contributed by atoms with van der Waals surface area (Å²) >= 11 is 1.16. The van der Waals surface area contributed by atoms with Gasteiger partial charge in [0.25, 0.3) is 15.9 Å². The van der Waals surface area contributed by atoms with Gasteiger partial charge >= 0.3 is 0 Å². The van der Waals surface area contributed by atoms with Crippen LogP contribution in [-0.2, 0) is 10.0 Å². The third-order valence-electron chi connectivity index (χ3n) is 6.41. The largest absolute Gasteiger partial charge is 0.472 e. The van der Waals surface area contributed by atoms with E-state index in [0.717, 1.165) is 22.5 Å². The maximum atomic E-state index is 13.6. The van der Waals surface area contributed by atoms with Crippen LogP contribution in [0.15, 0.2) is 64.3 Å². The van der Waals surface area contributed by atoms with Crippen molar-refractivity contribution in [3.63, 3.8) is 0 Å². The van der Waals surface area contributed by atoms with Crippen molar-refractivity contribution < 1.29 is 23.1 Å². The van der Waals surface area contributed by atoms with Crippen molar-refractivity contribution in [2.45, 2.75) is 30.2 Å². The average Bonchev–Trinajstić information content (AvgIpc) is 3.46. The molecule has 0 fully saturated rings. The minimum atomic E-state index is -3.68. The smallest absolute Gasteiger partial charge is 0.259 e. The summed E-state index contributed by atoms with van der Waals surface area (Å²) < 4.78 is 33.8. The summed E-state index contributed by atoms with van der Waals surface area (Å²) in [5.41, 5.74) is 2.01. The second kappa shape index (κ2) is 11.6. The highest BCUT2D eigenvalue weighted by atomic mass is 32.2. The Kier molecular flexibility index (Phi) is 8.43. The van der Waals surface area contributed by atoms with Crippen LogP contribution < -0.4 is 4.74 Å². The summed E-state index contributed by atoms with van der Waals surface area (Å²) in [5.74, 6) is -0.370. The fourth-order valence-corrected chi connectivity index (χ4v) is 6.48. The number of ether oxygens (including phenoxy) is 1. The number of hydrogen-bond donors (Lipinski definition) is 1. The van der Waals surface area contributed by atoms with Crippen LogP contribution in [0, 0.1) is 5.92 Å². The Morgan fingerprint density at radius 2 is 1.95 bits per heavy atom. The number of aliphatic hydroxyl groups excluding tert-OH is 1. The van der Waals surface area contributed by atoms with Crippen LogP contribution in [-0.4, -0.2) is 72.5 Å². The molecule has 1 aromatic carbocycles. The maximum Gasteiger partial charge on any atom is 0.259 e. The second-order valence-electron chi connectivity index (χ2n) is 9.21. The molecule has 0 saturated carbocycles. The zero-order chi connectivity index (χ0) is 26.6. The molecule has 1 N–H and O–H groups in total. The van der Waals surface area contributed by atoms with Gasteiger partial charge in [-0.2, -0.15) is 4.31 Å². The van der Waals surface area contributed by atoms with Gasteiger partial charge in [0.2, 0.25) is 5.88 Å². The van der Waals surface area contributed by atoms with Gasteiger partial charge < -0.3 is 14.7 Å². The van der Waals surface area contributed by atoms with Gasteiger partial charge in [-0.3, -0.25) is 4.79 Å². The molecule has 0 radical (unpaired) electrons. The summed E-state index contributed by atoms with van der Waals surface area (Å²) in [6, 6.07) is 14.3. The molecule has 3 heterocycles. The van der Waals surface area contributed by atoms with Crippen molar-refractivity contribution in [3.05, 3.63) is 76.8 Å². The number of aliphatic hydroxyl groups is 1. The predicted octanol–water partition coefficient (Wildman–Crippen LogP) is 3.85. The van der Waals surface area contributed by atoms with E-state index in [2.05, 4.69) is 4.98 Å². The Balaban J connectivity index is 1.67. The number of aromatic nitrogens is 1. The number of benzene rings is 1. The molecule has 1 aliphatic heterocycles. The summed E-state index contributed by atoms with van der Waals surface area (Å²) in [7, 11) is -2.16. The summed E-state index contributed by atoms with van der Waals surface area (Å²) in [4.78, 5) is 19.6. The first-order chi connectivity index (χ1) is 17.7. The zero-order valence-corrected chi connectivity index (χ0v) is 22.7. The van der Waals surface area contributed by atoms with E-state index in [-0.39, 0.29) is 40.6 Å². The van der Waals surface area contributed by atoms with Crippen LogP contribution in [0.5, 0.6) is 5.88 Å². The summed E-state index contributed by atoms with van der Waals surface area (Å²) in [6.07, 6.45) is 4.86. The van der Waals surface area contributed by atoms with Crippen LogP contribution in [0.1, 0.15) is 35.3 Å². The van der Waals surface area contributed by atoms with Crippen LogP contribution in [0.2, 0.25) is 0 Å². The van der Waals surface area contributed by atoms with E-state index in [1.165, 1.54) is 11.4 Å². The number of pyridine rings is 1. The fourth-order valence-electron chi connectivity index (χ4n) is 4.10. The number of sulfonamides is 1. The molecule has 196 valence electrons. The number of thiophene rings is 1. The van der Waals surface area contributed by atoms with Gasteiger partial charge in [-0.15, -0.1) is 11.3 Å². The Morgan fingerprint density at radius 1 is 1.22 bits per heavy atom. The minimum Gasteiger partial charge on any atom is -0.472 e. The zero-order valence-electron chi connectivity index (χ0n) is 21.0. The van der Waals surface area contributed by atoms with Crippen molar-refractivity contribution in [1.82, 2.24) is 14.2 Å². The quantitative estimate of drug-likeness (QED) is 0.465. The fraction of sp³-hybridized carbons (Fsp3) is 0.333. The second-order valence-corrected chi connectivity index (χ2v) is 12.4. The topological polar surface area (TPSA) is 100 Å². The first-order valence-electron chi connectivity index (χ1n) is 12.0. The highest BCUT2D eigenvalue weighted by Crippen LogP contribution is 2.29. The molecule has 37 heavy (non-hydrogen) atoms. The van der Waals surface area contributed by atoms with Crippen molar-refractivity contribution in [2.24, 2.45) is 5.92 Å². The number of carbonyl (C=O) groups is 1. The molecule has 4 rings (SSSR count). The standard InChI is InChI=1S/C27H31N3O5S2/c1-19-16-30(20(2)18-31)27(32)23-14-22(12-11-21-8-5-4-6-9-21)15-28-26(23)35-24(19)17-29(3)37(33,34)25-10-7-13-36-25/h4-15,19-20,24,31H,16-18H2,1-3H3/b12-11+/t19-,20-,24-/m1/s1. The number of rotatable bonds is 8. The lowest BCUT2D eigenvalue weighted by Crippen LogP contribution is -2.50. The molecular formula is C27H31N3O5S2. The van der Waals surface area contributed by atoms with Gasteiger partial charge in [0.1, 0.15) is 15.9 Å². The van der Waals surface area contributed by atoms with E-state index < -0.39 is 22.2 Å². The van der Waals surface area contributed by atoms with E-state index in [1.54, 1.807) is 41.6 Å². The van der Waals surface area contributed by atoms with Gasteiger partial charge in [-0.05, 0) is 35.6 Å². The van der Waals surface area contributed by atoms with E-state index in [9.17, 15) is 18.3 Å². The van der Waals surface area contributed by atoms with Crippen molar-refractivity contribution >= 4 is 39.4 Å². The monoisotopic (exact) mass is 541 g/mol. The van der Waals surface area contributed by atoms with Crippen molar-refractivity contribution in [2.75, 3.05) is 26.7 Å². The van der Waals surface area contributed by atoms with Crippen LogP contribution in [0.25, 0.3) is 12.2 Å². The summed E-state index contributed by atoms with van der Waals surface area (Å²) in [5, 5.41) is 11.6. The van der Waals surface area contributed by atoms with Crippen LogP contribution in [0.3, 0.4) is 0 Å². The van der Waals surface area contributed by atoms with Gasteiger partial charge in [0.15, 0.2) is 0 Å². The Labute approximate surface area is 221 Å². The molecule has 8 nitrogen and oxygen atoms in total. The highest BCUT2D eigenvalue weighted by molar-refractivity contribution is 7.91. The molecule has 10 heteroatoms. The lowest BCUT2D eigenvalue weighted by molar-refractivity contribution is 0.0373. The molecule has 0 aliphatic carbocycles. The molecule has 3 aromatic rings. The van der Waals surface area contributed by atoms with E-state index in [0.29, 0.717) is 6.54 Å². The lowest BCUT2D eigenvalue weighted by atomic mass is 10.00. The van der Waals surface area contributed by atoms with Gasteiger partial charge in [-0.25, -0.2) is 13.4 Å². The minimum absolute atomic E-state index is 0.0771. The first-order valence-corrected chi connectivity index (χ1v) is 14.3. The maximum absolute atomic E-state index is 13.6. The number of carbonyl (C=O) groups excluding carboxylic acids is 1. The predicted molar refractivity (Wildman–Crippen MR) is 145 cm³/mol. The van der Waals surface area contributed by atoms with Gasteiger partial charge in [-0.1, -0.05) is 55.5 Å². The van der Waals surface area contributed by atoms with E-state index in [1.807, 2.05) is 49.4 Å². The number of likely N-dealkylation sites (N-methyl/N-ethyl adjacent to an activating group) is 1. The normalized spacial score (nSPS) is 19.4. The molecule has 3 atom stereocenters. The highest BCUT2D eigenvalue weighted by Gasteiger charge is 2.36. The Hall–Kier alpha value is -3.05. The van der Waals surface area contributed by atoms with Crippen LogP contribution in [0.4, 0.5) is 0 Å². The SMILES string of the molecule is C[C@@H]1CN([C@H](C)CO)C(=O)c2cc(/C=C/c3ccccc3)cnc2O[C@@H]1CN(C)S(=O)(=O)c1cccs1. The first kappa shape index (κ1) is 27.0. The molecule has 0 unspecified atom stereocenters.